The molecule has 3 aromatic carbocycles. The third-order valence-electron chi connectivity index (χ3n) is 4.42. The maximum Gasteiger partial charge on any atom is 0.118 e. The molecular formula is C22H20N2O. The maximum atomic E-state index is 5.29. The van der Waals surface area contributed by atoms with Gasteiger partial charge in [0, 0.05) is 0 Å². The van der Waals surface area contributed by atoms with E-state index in [1.54, 1.807) is 7.11 Å². The molecule has 3 nitrogen and oxygen atoms in total. The second kappa shape index (κ2) is 6.73. The van der Waals surface area contributed by atoms with E-state index >= 15 is 0 Å². The van der Waals surface area contributed by atoms with Crippen molar-refractivity contribution in [1.82, 2.24) is 5.43 Å². The highest BCUT2D eigenvalue weighted by atomic mass is 16.5. The number of rotatable bonds is 4. The van der Waals surface area contributed by atoms with Gasteiger partial charge in [-0.25, -0.2) is 0 Å². The van der Waals surface area contributed by atoms with Crippen molar-refractivity contribution in [3.8, 4) is 5.75 Å². The largest absolute Gasteiger partial charge is 0.497 e. The molecule has 1 unspecified atom stereocenters. The summed E-state index contributed by atoms with van der Waals surface area (Å²) in [6.07, 6.45) is 2.27. The normalized spacial score (nSPS) is 16.3. The number of hydrogen-bond donors (Lipinski definition) is 1. The number of para-hydroxylation sites is 1. The number of ether oxygens (including phenoxy) is 1. The van der Waals surface area contributed by atoms with Crippen molar-refractivity contribution in [3.05, 3.63) is 102 Å². The summed E-state index contributed by atoms with van der Waals surface area (Å²) >= 11 is 0. The van der Waals surface area contributed by atoms with Crippen LogP contribution < -0.4 is 15.2 Å². The molecular weight excluding hydrogens is 308 g/mol. The molecule has 0 aliphatic carbocycles. The minimum atomic E-state index is 0.114. The van der Waals surface area contributed by atoms with Crippen molar-refractivity contribution in [3.63, 3.8) is 0 Å². The van der Waals surface area contributed by atoms with Gasteiger partial charge in [0.05, 0.1) is 24.5 Å². The first-order chi connectivity index (χ1) is 12.3. The molecule has 0 amide bonds. The van der Waals surface area contributed by atoms with Gasteiger partial charge in [-0.1, -0.05) is 60.7 Å². The van der Waals surface area contributed by atoms with E-state index in [-0.39, 0.29) is 6.04 Å². The number of nitrogens with one attached hydrogen (secondary N) is 1. The fraction of sp³-hybridized carbons (Fsp3) is 0.0909. The Morgan fingerprint density at radius 3 is 2.08 bits per heavy atom. The Balaban J connectivity index is 1.73. The van der Waals surface area contributed by atoms with E-state index in [1.807, 2.05) is 24.3 Å². The van der Waals surface area contributed by atoms with Crippen molar-refractivity contribution in [2.75, 3.05) is 12.1 Å². The summed E-state index contributed by atoms with van der Waals surface area (Å²) in [4.78, 5) is 0. The van der Waals surface area contributed by atoms with Crippen molar-refractivity contribution in [1.29, 1.82) is 0 Å². The van der Waals surface area contributed by atoms with Crippen molar-refractivity contribution in [2.45, 2.75) is 6.04 Å². The number of methoxy groups -OCH3 is 1. The lowest BCUT2D eigenvalue weighted by Crippen LogP contribution is -2.33. The van der Waals surface area contributed by atoms with Crippen LogP contribution in [-0.4, -0.2) is 7.11 Å². The van der Waals surface area contributed by atoms with Gasteiger partial charge < -0.3 is 4.74 Å². The Morgan fingerprint density at radius 2 is 1.44 bits per heavy atom. The molecule has 0 radical (unpaired) electrons. The SMILES string of the molecule is COc1ccc(C2C=C(c3ccccc3)NN2c2ccccc2)cc1. The van der Waals surface area contributed by atoms with E-state index in [0.29, 0.717) is 0 Å². The van der Waals surface area contributed by atoms with Crippen LogP contribution in [0.4, 0.5) is 5.69 Å². The fourth-order valence-electron chi connectivity index (χ4n) is 3.11. The zero-order valence-corrected chi connectivity index (χ0v) is 14.1. The Hall–Kier alpha value is -3.20. The van der Waals surface area contributed by atoms with Crippen molar-refractivity contribution < 1.29 is 4.74 Å². The van der Waals surface area contributed by atoms with Gasteiger partial charge in [-0.2, -0.15) is 0 Å². The van der Waals surface area contributed by atoms with Crippen LogP contribution in [0.2, 0.25) is 0 Å². The highest BCUT2D eigenvalue weighted by Gasteiger charge is 2.26. The van der Waals surface area contributed by atoms with E-state index < -0.39 is 0 Å². The fourth-order valence-corrected chi connectivity index (χ4v) is 3.11. The topological polar surface area (TPSA) is 24.5 Å². The average Bonchev–Trinajstić information content (AvgIpc) is 3.15. The van der Waals surface area contributed by atoms with E-state index in [2.05, 4.69) is 77.2 Å². The Morgan fingerprint density at radius 1 is 0.800 bits per heavy atom. The van der Waals surface area contributed by atoms with Gasteiger partial charge in [0.15, 0.2) is 0 Å². The van der Waals surface area contributed by atoms with E-state index in [1.165, 1.54) is 11.1 Å². The first-order valence-corrected chi connectivity index (χ1v) is 8.37. The summed E-state index contributed by atoms with van der Waals surface area (Å²) in [5.41, 5.74) is 8.20. The summed E-state index contributed by atoms with van der Waals surface area (Å²) in [6, 6.07) is 29.2. The Labute approximate surface area is 148 Å². The van der Waals surface area contributed by atoms with E-state index in [0.717, 1.165) is 17.1 Å². The van der Waals surface area contributed by atoms with Crippen LogP contribution in [0.3, 0.4) is 0 Å². The first-order valence-electron chi connectivity index (χ1n) is 8.37. The number of benzene rings is 3. The highest BCUT2D eigenvalue weighted by Crippen LogP contribution is 2.35. The molecule has 124 valence electrons. The molecule has 0 bridgehead atoms. The van der Waals surface area contributed by atoms with Crippen molar-refractivity contribution >= 4 is 11.4 Å². The smallest absolute Gasteiger partial charge is 0.118 e. The molecule has 25 heavy (non-hydrogen) atoms. The van der Waals surface area contributed by atoms with Crippen LogP contribution in [0, 0.1) is 0 Å². The molecule has 0 saturated heterocycles. The monoisotopic (exact) mass is 328 g/mol. The third-order valence-corrected chi connectivity index (χ3v) is 4.42. The highest BCUT2D eigenvalue weighted by molar-refractivity contribution is 5.72. The predicted octanol–water partition coefficient (Wildman–Crippen LogP) is 4.80. The van der Waals surface area contributed by atoms with Gasteiger partial charge in [0.2, 0.25) is 0 Å². The summed E-state index contributed by atoms with van der Waals surface area (Å²) in [5, 5.41) is 2.20. The van der Waals surface area contributed by atoms with Crippen LogP contribution in [0.5, 0.6) is 5.75 Å². The molecule has 0 spiro atoms. The lowest BCUT2D eigenvalue weighted by molar-refractivity contribution is 0.414. The number of anilines is 1. The molecule has 4 rings (SSSR count). The molecule has 3 heteroatoms. The molecule has 0 fully saturated rings. The average molecular weight is 328 g/mol. The second-order valence-corrected chi connectivity index (χ2v) is 5.98. The van der Waals surface area contributed by atoms with Gasteiger partial charge in [-0.05, 0) is 41.5 Å². The molecule has 1 aliphatic rings. The minimum Gasteiger partial charge on any atom is -0.497 e. The van der Waals surface area contributed by atoms with Gasteiger partial charge in [0.25, 0.3) is 0 Å². The van der Waals surface area contributed by atoms with Gasteiger partial charge >= 0.3 is 0 Å². The van der Waals surface area contributed by atoms with E-state index in [4.69, 9.17) is 4.74 Å². The lowest BCUT2D eigenvalue weighted by Gasteiger charge is -2.27. The predicted molar refractivity (Wildman–Crippen MR) is 102 cm³/mol. The summed E-state index contributed by atoms with van der Waals surface area (Å²) in [7, 11) is 1.69. The van der Waals surface area contributed by atoms with Crippen LogP contribution in [-0.2, 0) is 0 Å². The van der Waals surface area contributed by atoms with Crippen LogP contribution in [0.1, 0.15) is 17.2 Å². The Bertz CT molecular complexity index is 858. The number of hydrogen-bond acceptors (Lipinski definition) is 3. The maximum absolute atomic E-state index is 5.29. The van der Waals surface area contributed by atoms with Crippen LogP contribution in [0.15, 0.2) is 91.0 Å². The first kappa shape index (κ1) is 15.3. The molecule has 3 aromatic rings. The zero-order chi connectivity index (χ0) is 17.1. The Kier molecular flexibility index (Phi) is 4.13. The molecule has 1 aliphatic heterocycles. The van der Waals surface area contributed by atoms with Gasteiger partial charge in [-0.15, -0.1) is 0 Å². The lowest BCUT2D eigenvalue weighted by atomic mass is 10.0. The molecule has 1 N–H and O–H groups in total. The van der Waals surface area contributed by atoms with E-state index in [9.17, 15) is 0 Å². The zero-order valence-electron chi connectivity index (χ0n) is 14.1. The number of nitrogens with zero attached hydrogens (tertiary/aromatic N) is 1. The summed E-state index contributed by atoms with van der Waals surface area (Å²) < 4.78 is 5.29. The molecule has 1 atom stereocenters. The molecule has 1 heterocycles. The quantitative estimate of drug-likeness (QED) is 0.744. The third kappa shape index (κ3) is 3.09. The van der Waals surface area contributed by atoms with Crippen LogP contribution in [0.25, 0.3) is 5.70 Å². The van der Waals surface area contributed by atoms with Crippen molar-refractivity contribution in [2.24, 2.45) is 0 Å². The number of hydrazine groups is 1. The minimum absolute atomic E-state index is 0.114. The van der Waals surface area contributed by atoms with Gasteiger partial charge in [-0.3, -0.25) is 10.4 Å². The molecule has 0 saturated carbocycles. The van der Waals surface area contributed by atoms with Gasteiger partial charge in [0.1, 0.15) is 5.75 Å². The standard InChI is InChI=1S/C22H20N2O/c1-25-20-14-12-18(13-15-20)22-16-21(17-8-4-2-5-9-17)23-24(22)19-10-6-3-7-11-19/h2-16,22-23H,1H3. The molecule has 0 aromatic heterocycles. The summed E-state index contributed by atoms with van der Waals surface area (Å²) in [5.74, 6) is 0.869. The summed E-state index contributed by atoms with van der Waals surface area (Å²) in [6.45, 7) is 0. The van der Waals surface area contributed by atoms with Crippen LogP contribution >= 0.6 is 0 Å². The second-order valence-electron chi connectivity index (χ2n) is 5.98.